The van der Waals surface area contributed by atoms with E-state index in [9.17, 15) is 4.79 Å². The fraction of sp³-hybridized carbons (Fsp3) is 0.312. The highest BCUT2D eigenvalue weighted by atomic mass is 32.1. The van der Waals surface area contributed by atoms with Crippen LogP contribution in [-0.2, 0) is 11.3 Å². The third-order valence-corrected chi connectivity index (χ3v) is 3.96. The maximum Gasteiger partial charge on any atom is 0.315 e. The average Bonchev–Trinajstić information content (AvgIpc) is 3.08. The number of nitrogens with one attached hydrogen (secondary N) is 2. The average molecular weight is 320 g/mol. The van der Waals surface area contributed by atoms with Crippen LogP contribution in [0.2, 0.25) is 0 Å². The van der Waals surface area contributed by atoms with Crippen molar-refractivity contribution in [3.63, 3.8) is 0 Å². The highest BCUT2D eigenvalue weighted by Crippen LogP contribution is 2.18. The van der Waals surface area contributed by atoms with Crippen molar-refractivity contribution in [3.05, 3.63) is 52.2 Å². The van der Waals surface area contributed by atoms with E-state index in [0.29, 0.717) is 13.1 Å². The lowest BCUT2D eigenvalue weighted by Gasteiger charge is -2.15. The highest BCUT2D eigenvalue weighted by molar-refractivity contribution is 7.07. The van der Waals surface area contributed by atoms with Gasteiger partial charge in [0.1, 0.15) is 11.9 Å². The molecule has 0 spiro atoms. The Morgan fingerprint density at radius 2 is 1.95 bits per heavy atom. The minimum Gasteiger partial charge on any atom is -0.497 e. The lowest BCUT2D eigenvalue weighted by atomic mass is 10.2. The van der Waals surface area contributed by atoms with Gasteiger partial charge in [-0.25, -0.2) is 4.79 Å². The van der Waals surface area contributed by atoms with Gasteiger partial charge in [-0.05, 0) is 40.1 Å². The van der Waals surface area contributed by atoms with Crippen LogP contribution < -0.4 is 15.4 Å². The number of ether oxygens (including phenoxy) is 2. The van der Waals surface area contributed by atoms with Crippen molar-refractivity contribution in [2.24, 2.45) is 0 Å². The molecule has 1 unspecified atom stereocenters. The summed E-state index contributed by atoms with van der Waals surface area (Å²) in [4.78, 5) is 11.8. The first-order valence-electron chi connectivity index (χ1n) is 6.92. The molecule has 2 rings (SSSR count). The molecular weight excluding hydrogens is 300 g/mol. The summed E-state index contributed by atoms with van der Waals surface area (Å²) in [6.45, 7) is 0.896. The van der Waals surface area contributed by atoms with Crippen LogP contribution in [0.25, 0.3) is 0 Å². The predicted molar refractivity (Wildman–Crippen MR) is 87.3 cm³/mol. The number of methoxy groups -OCH3 is 2. The van der Waals surface area contributed by atoms with E-state index in [2.05, 4.69) is 10.6 Å². The monoisotopic (exact) mass is 320 g/mol. The van der Waals surface area contributed by atoms with E-state index in [0.717, 1.165) is 16.9 Å². The van der Waals surface area contributed by atoms with Crippen LogP contribution >= 0.6 is 11.3 Å². The SMILES string of the molecule is COc1ccc(CNC(=O)NCC(OC)c2ccsc2)cc1. The first-order valence-corrected chi connectivity index (χ1v) is 7.86. The molecule has 0 aliphatic carbocycles. The Hall–Kier alpha value is -2.05. The molecule has 5 nitrogen and oxygen atoms in total. The molecule has 2 aromatic rings. The van der Waals surface area contributed by atoms with E-state index >= 15 is 0 Å². The number of thiophene rings is 1. The number of carbonyl (C=O) groups excluding carboxylic acids is 1. The zero-order valence-corrected chi connectivity index (χ0v) is 13.5. The van der Waals surface area contributed by atoms with Crippen LogP contribution in [0.4, 0.5) is 4.79 Å². The molecule has 1 heterocycles. The lowest BCUT2D eigenvalue weighted by Crippen LogP contribution is -2.37. The summed E-state index contributed by atoms with van der Waals surface area (Å²) in [5.41, 5.74) is 2.08. The summed E-state index contributed by atoms with van der Waals surface area (Å²) in [6.07, 6.45) is -0.127. The van der Waals surface area contributed by atoms with E-state index < -0.39 is 0 Å². The maximum absolute atomic E-state index is 11.8. The van der Waals surface area contributed by atoms with Gasteiger partial charge in [-0.3, -0.25) is 0 Å². The van der Waals surface area contributed by atoms with Crippen LogP contribution in [0.15, 0.2) is 41.1 Å². The molecule has 0 saturated carbocycles. The predicted octanol–water partition coefficient (Wildman–Crippen LogP) is 2.94. The second-order valence-corrected chi connectivity index (χ2v) is 5.47. The number of amides is 2. The van der Waals surface area contributed by atoms with Crippen LogP contribution in [0.5, 0.6) is 5.75 Å². The third-order valence-electron chi connectivity index (χ3n) is 3.26. The molecule has 22 heavy (non-hydrogen) atoms. The van der Waals surface area contributed by atoms with Crippen LogP contribution in [0, 0.1) is 0 Å². The molecule has 0 radical (unpaired) electrons. The number of hydrogen-bond donors (Lipinski definition) is 2. The summed E-state index contributed by atoms with van der Waals surface area (Å²) in [5.74, 6) is 0.798. The molecule has 1 atom stereocenters. The van der Waals surface area contributed by atoms with Gasteiger partial charge in [-0.2, -0.15) is 11.3 Å². The molecule has 0 bridgehead atoms. The Balaban J connectivity index is 1.75. The van der Waals surface area contributed by atoms with E-state index in [1.54, 1.807) is 25.6 Å². The van der Waals surface area contributed by atoms with Crippen molar-refractivity contribution < 1.29 is 14.3 Å². The van der Waals surface area contributed by atoms with Crippen molar-refractivity contribution >= 4 is 17.4 Å². The summed E-state index contributed by atoms with van der Waals surface area (Å²) in [5, 5.41) is 9.65. The third kappa shape index (κ3) is 4.75. The van der Waals surface area contributed by atoms with Crippen molar-refractivity contribution in [2.45, 2.75) is 12.6 Å². The molecule has 2 amide bonds. The van der Waals surface area contributed by atoms with Crippen molar-refractivity contribution in [3.8, 4) is 5.75 Å². The fourth-order valence-corrected chi connectivity index (χ4v) is 2.67. The zero-order valence-electron chi connectivity index (χ0n) is 12.7. The standard InChI is InChI=1S/C16H20N2O3S/c1-20-14-5-3-12(4-6-14)9-17-16(19)18-10-15(21-2)13-7-8-22-11-13/h3-8,11,15H,9-10H2,1-2H3,(H2,17,18,19). The van der Waals surface area contributed by atoms with Gasteiger partial charge in [0.05, 0.1) is 7.11 Å². The van der Waals surface area contributed by atoms with Gasteiger partial charge in [0.15, 0.2) is 0 Å². The smallest absolute Gasteiger partial charge is 0.315 e. The van der Waals surface area contributed by atoms with Crippen LogP contribution in [0.1, 0.15) is 17.2 Å². The molecule has 118 valence electrons. The number of benzene rings is 1. The largest absolute Gasteiger partial charge is 0.497 e. The summed E-state index contributed by atoms with van der Waals surface area (Å²) >= 11 is 1.61. The Labute approximate surface area is 134 Å². The number of hydrogen-bond acceptors (Lipinski definition) is 4. The molecule has 2 N–H and O–H groups in total. The number of carbonyl (C=O) groups is 1. The summed E-state index contributed by atoms with van der Waals surface area (Å²) in [6, 6.07) is 9.35. The Kier molecular flexibility index (Phi) is 6.24. The van der Waals surface area contributed by atoms with Crippen molar-refractivity contribution in [1.82, 2.24) is 10.6 Å². The van der Waals surface area contributed by atoms with E-state index in [-0.39, 0.29) is 12.1 Å². The van der Waals surface area contributed by atoms with Gasteiger partial charge >= 0.3 is 6.03 Å². The Bertz CT molecular complexity index is 570. The quantitative estimate of drug-likeness (QED) is 0.824. The Morgan fingerprint density at radius 1 is 1.18 bits per heavy atom. The summed E-state index contributed by atoms with van der Waals surface area (Å²) in [7, 11) is 3.26. The van der Waals surface area contributed by atoms with Gasteiger partial charge < -0.3 is 20.1 Å². The maximum atomic E-state index is 11.8. The number of urea groups is 1. The highest BCUT2D eigenvalue weighted by Gasteiger charge is 2.12. The first kappa shape index (κ1) is 16.3. The van der Waals surface area contributed by atoms with E-state index in [1.165, 1.54) is 0 Å². The minimum absolute atomic E-state index is 0.127. The molecule has 1 aromatic carbocycles. The lowest BCUT2D eigenvalue weighted by molar-refractivity contribution is 0.104. The van der Waals surface area contributed by atoms with E-state index in [1.807, 2.05) is 41.1 Å². The van der Waals surface area contributed by atoms with Gasteiger partial charge in [-0.1, -0.05) is 12.1 Å². The first-order chi connectivity index (χ1) is 10.7. The molecule has 6 heteroatoms. The van der Waals surface area contributed by atoms with Gasteiger partial charge in [0.2, 0.25) is 0 Å². The topological polar surface area (TPSA) is 59.6 Å². The zero-order chi connectivity index (χ0) is 15.8. The van der Waals surface area contributed by atoms with Gasteiger partial charge in [0.25, 0.3) is 0 Å². The van der Waals surface area contributed by atoms with Gasteiger partial charge in [-0.15, -0.1) is 0 Å². The van der Waals surface area contributed by atoms with Gasteiger partial charge in [0, 0.05) is 20.2 Å². The molecule has 0 aliphatic rings. The van der Waals surface area contributed by atoms with E-state index in [4.69, 9.17) is 9.47 Å². The molecule has 1 aromatic heterocycles. The van der Waals surface area contributed by atoms with Crippen molar-refractivity contribution in [1.29, 1.82) is 0 Å². The molecule has 0 saturated heterocycles. The fourth-order valence-electron chi connectivity index (χ4n) is 1.97. The minimum atomic E-state index is -0.215. The summed E-state index contributed by atoms with van der Waals surface area (Å²) < 4.78 is 10.5. The molecule has 0 aliphatic heterocycles. The molecular formula is C16H20N2O3S. The van der Waals surface area contributed by atoms with Crippen LogP contribution in [-0.4, -0.2) is 26.8 Å². The van der Waals surface area contributed by atoms with Crippen molar-refractivity contribution in [2.75, 3.05) is 20.8 Å². The Morgan fingerprint density at radius 3 is 2.55 bits per heavy atom. The normalized spacial score (nSPS) is 11.7. The van der Waals surface area contributed by atoms with Crippen LogP contribution in [0.3, 0.4) is 0 Å². The molecule has 0 fully saturated rings. The second kappa shape index (κ2) is 8.41. The second-order valence-electron chi connectivity index (χ2n) is 4.69. The number of rotatable bonds is 7.